The van der Waals surface area contributed by atoms with Crippen LogP contribution in [0, 0.1) is 0 Å². The van der Waals surface area contributed by atoms with Crippen molar-refractivity contribution >= 4 is 12.2 Å². The third-order valence-electron chi connectivity index (χ3n) is 2.68. The Labute approximate surface area is 107 Å². The molecule has 0 fully saturated rings. The van der Waals surface area contributed by atoms with E-state index in [9.17, 15) is 5.11 Å². The summed E-state index contributed by atoms with van der Waals surface area (Å²) in [6.07, 6.45) is 4.75. The average molecular weight is 240 g/mol. The van der Waals surface area contributed by atoms with Gasteiger partial charge in [-0.05, 0) is 24.6 Å². The van der Waals surface area contributed by atoms with E-state index in [0.717, 1.165) is 17.0 Å². The minimum atomic E-state index is -0.746. The number of nitrogens with one attached hydrogen (secondary N) is 1. The Bertz CT molecular complexity index is 555. The number of aliphatic hydroxyl groups excluding tert-OH is 1. The summed E-state index contributed by atoms with van der Waals surface area (Å²) >= 11 is 0. The van der Waals surface area contributed by atoms with Gasteiger partial charge in [0, 0.05) is 0 Å². The number of aromatic nitrogens is 2. The molecule has 1 aromatic carbocycles. The Morgan fingerprint density at radius 3 is 2.67 bits per heavy atom. The Morgan fingerprint density at radius 1 is 1.33 bits per heavy atom. The van der Waals surface area contributed by atoms with Crippen LogP contribution in [0.1, 0.15) is 35.8 Å². The third kappa shape index (κ3) is 2.41. The number of hydrogen-bond acceptors (Lipinski definition) is 2. The minimum Gasteiger partial charge on any atom is -0.380 e. The molecular weight excluding hydrogens is 224 g/mol. The highest BCUT2D eigenvalue weighted by Crippen LogP contribution is 2.21. The first-order valence-electron chi connectivity index (χ1n) is 5.84. The summed E-state index contributed by atoms with van der Waals surface area (Å²) in [5.41, 5.74) is 2.42. The monoisotopic (exact) mass is 240 g/mol. The molecule has 2 rings (SSSR count). The van der Waals surface area contributed by atoms with Crippen LogP contribution in [-0.4, -0.2) is 15.1 Å². The van der Waals surface area contributed by atoms with E-state index in [1.54, 1.807) is 6.08 Å². The summed E-state index contributed by atoms with van der Waals surface area (Å²) in [5, 5.41) is 10.2. The van der Waals surface area contributed by atoms with E-state index in [-0.39, 0.29) is 0 Å². The number of benzene rings is 1. The zero-order valence-corrected chi connectivity index (χ0v) is 10.3. The lowest BCUT2D eigenvalue weighted by atomic mass is 10.1. The second-order valence-electron chi connectivity index (χ2n) is 3.94. The van der Waals surface area contributed by atoms with Crippen molar-refractivity contribution < 1.29 is 5.11 Å². The molecule has 1 atom stereocenters. The molecule has 2 N–H and O–H groups in total. The van der Waals surface area contributed by atoms with E-state index in [1.807, 2.05) is 49.4 Å². The highest BCUT2D eigenvalue weighted by atomic mass is 16.3. The van der Waals surface area contributed by atoms with Gasteiger partial charge in [0.15, 0.2) is 0 Å². The molecule has 0 amide bonds. The maximum atomic E-state index is 10.2. The summed E-state index contributed by atoms with van der Waals surface area (Å²) < 4.78 is 0. The molecule has 2 aromatic rings. The fourth-order valence-electron chi connectivity index (χ4n) is 1.79. The second kappa shape index (κ2) is 5.47. The lowest BCUT2D eigenvalue weighted by molar-refractivity contribution is 0.211. The zero-order valence-electron chi connectivity index (χ0n) is 10.3. The first kappa shape index (κ1) is 12.3. The average Bonchev–Trinajstić information content (AvgIpc) is 2.82. The van der Waals surface area contributed by atoms with Crippen molar-refractivity contribution in [1.29, 1.82) is 0 Å². The number of aliphatic hydroxyl groups is 1. The van der Waals surface area contributed by atoms with Crippen molar-refractivity contribution in [3.05, 3.63) is 65.8 Å². The molecule has 0 aliphatic rings. The van der Waals surface area contributed by atoms with Crippen LogP contribution in [-0.2, 0) is 0 Å². The van der Waals surface area contributed by atoms with E-state index >= 15 is 0 Å². The van der Waals surface area contributed by atoms with Gasteiger partial charge < -0.3 is 10.1 Å². The van der Waals surface area contributed by atoms with Gasteiger partial charge in [-0.2, -0.15) is 0 Å². The van der Waals surface area contributed by atoms with Crippen LogP contribution in [0.5, 0.6) is 0 Å². The SMILES string of the molecule is C=Cc1nc(C(O)c2ccccc2)[nH]c1/C=C\C. The first-order valence-corrected chi connectivity index (χ1v) is 5.84. The van der Waals surface area contributed by atoms with Crippen LogP contribution in [0.4, 0.5) is 0 Å². The lowest BCUT2D eigenvalue weighted by Gasteiger charge is -2.07. The summed E-state index contributed by atoms with van der Waals surface area (Å²) in [6.45, 7) is 5.65. The van der Waals surface area contributed by atoms with Gasteiger partial charge in [-0.15, -0.1) is 0 Å². The molecule has 0 radical (unpaired) electrons. The molecule has 1 aromatic heterocycles. The van der Waals surface area contributed by atoms with Crippen LogP contribution in [0.25, 0.3) is 12.2 Å². The molecule has 0 aliphatic carbocycles. The van der Waals surface area contributed by atoms with Crippen molar-refractivity contribution in [2.45, 2.75) is 13.0 Å². The molecule has 0 saturated heterocycles. The number of nitrogens with zero attached hydrogens (tertiary/aromatic N) is 1. The van der Waals surface area contributed by atoms with Crippen molar-refractivity contribution in [2.75, 3.05) is 0 Å². The minimum absolute atomic E-state index is 0.532. The summed E-state index contributed by atoms with van der Waals surface area (Å²) in [4.78, 5) is 7.46. The van der Waals surface area contributed by atoms with Gasteiger partial charge in [0.2, 0.25) is 0 Å². The molecule has 1 unspecified atom stereocenters. The summed E-state index contributed by atoms with van der Waals surface area (Å²) in [5.74, 6) is 0.532. The normalized spacial score (nSPS) is 12.8. The van der Waals surface area contributed by atoms with Gasteiger partial charge >= 0.3 is 0 Å². The Hall–Kier alpha value is -2.13. The molecule has 18 heavy (non-hydrogen) atoms. The fraction of sp³-hybridized carbons (Fsp3) is 0.133. The highest BCUT2D eigenvalue weighted by molar-refractivity contribution is 5.59. The molecular formula is C15H16N2O. The maximum absolute atomic E-state index is 10.2. The van der Waals surface area contributed by atoms with Gasteiger partial charge in [-0.1, -0.05) is 43.0 Å². The predicted octanol–water partition coefficient (Wildman–Crippen LogP) is 3.17. The molecule has 3 heteroatoms. The molecule has 0 aliphatic heterocycles. The van der Waals surface area contributed by atoms with Gasteiger partial charge in [-0.25, -0.2) is 4.98 Å². The van der Waals surface area contributed by atoms with Crippen LogP contribution < -0.4 is 0 Å². The highest BCUT2D eigenvalue weighted by Gasteiger charge is 2.15. The quantitative estimate of drug-likeness (QED) is 0.862. The molecule has 0 spiro atoms. The molecule has 0 bridgehead atoms. The lowest BCUT2D eigenvalue weighted by Crippen LogP contribution is -2.01. The van der Waals surface area contributed by atoms with Gasteiger partial charge in [0.05, 0.1) is 11.4 Å². The number of rotatable bonds is 4. The van der Waals surface area contributed by atoms with Crippen molar-refractivity contribution in [1.82, 2.24) is 9.97 Å². The molecule has 3 nitrogen and oxygen atoms in total. The number of H-pyrrole nitrogens is 1. The number of allylic oxidation sites excluding steroid dienone is 1. The van der Waals surface area contributed by atoms with Crippen LogP contribution >= 0.6 is 0 Å². The Morgan fingerprint density at radius 2 is 2.06 bits per heavy atom. The van der Waals surface area contributed by atoms with E-state index in [4.69, 9.17) is 0 Å². The Kier molecular flexibility index (Phi) is 3.75. The third-order valence-corrected chi connectivity index (χ3v) is 2.68. The summed E-state index contributed by atoms with van der Waals surface area (Å²) in [6, 6.07) is 9.44. The number of aromatic amines is 1. The van der Waals surface area contributed by atoms with Gasteiger partial charge in [0.1, 0.15) is 11.9 Å². The zero-order chi connectivity index (χ0) is 13.0. The van der Waals surface area contributed by atoms with Gasteiger partial charge in [-0.3, -0.25) is 0 Å². The predicted molar refractivity (Wildman–Crippen MR) is 73.9 cm³/mol. The molecule has 92 valence electrons. The van der Waals surface area contributed by atoms with Crippen LogP contribution in [0.3, 0.4) is 0 Å². The van der Waals surface area contributed by atoms with E-state index in [0.29, 0.717) is 5.82 Å². The van der Waals surface area contributed by atoms with E-state index in [2.05, 4.69) is 16.5 Å². The van der Waals surface area contributed by atoms with E-state index in [1.165, 1.54) is 0 Å². The van der Waals surface area contributed by atoms with Crippen LogP contribution in [0.15, 0.2) is 43.0 Å². The standard InChI is InChI=1S/C15H16N2O/c1-3-8-13-12(4-2)16-15(17-13)14(18)11-9-6-5-7-10-11/h3-10,14,18H,2H2,1H3,(H,16,17)/b8-3-. The van der Waals surface area contributed by atoms with Gasteiger partial charge in [0.25, 0.3) is 0 Å². The number of imidazole rings is 1. The molecule has 0 saturated carbocycles. The topological polar surface area (TPSA) is 48.9 Å². The van der Waals surface area contributed by atoms with Crippen molar-refractivity contribution in [3.63, 3.8) is 0 Å². The fourth-order valence-corrected chi connectivity index (χ4v) is 1.79. The van der Waals surface area contributed by atoms with Crippen molar-refractivity contribution in [3.8, 4) is 0 Å². The smallest absolute Gasteiger partial charge is 0.140 e. The summed E-state index contributed by atoms with van der Waals surface area (Å²) in [7, 11) is 0. The molecule has 1 heterocycles. The largest absolute Gasteiger partial charge is 0.380 e. The second-order valence-corrected chi connectivity index (χ2v) is 3.94. The maximum Gasteiger partial charge on any atom is 0.140 e. The number of hydrogen-bond donors (Lipinski definition) is 2. The van der Waals surface area contributed by atoms with Crippen LogP contribution in [0.2, 0.25) is 0 Å². The first-order chi connectivity index (χ1) is 8.76. The van der Waals surface area contributed by atoms with E-state index < -0.39 is 6.10 Å². The van der Waals surface area contributed by atoms with Crippen molar-refractivity contribution in [2.24, 2.45) is 0 Å². The Balaban J connectivity index is 2.37.